The van der Waals surface area contributed by atoms with E-state index >= 15 is 0 Å². The maximum atomic E-state index is 10.6. The molecular weight excluding hydrogens is 295 g/mol. The van der Waals surface area contributed by atoms with Crippen LogP contribution in [0.3, 0.4) is 0 Å². The highest BCUT2D eigenvalue weighted by molar-refractivity contribution is 14.1. The van der Waals surface area contributed by atoms with Crippen molar-refractivity contribution in [2.75, 3.05) is 0 Å². The fourth-order valence-electron chi connectivity index (χ4n) is 1.01. The summed E-state index contributed by atoms with van der Waals surface area (Å²) < 4.78 is 0.604. The number of nitro benzene ring substituents is 1. The number of nitrogens with zero attached hydrogens (tertiary/aromatic N) is 1. The zero-order valence-electron chi connectivity index (χ0n) is 7.31. The van der Waals surface area contributed by atoms with Gasteiger partial charge in [0.2, 0.25) is 0 Å². The van der Waals surface area contributed by atoms with E-state index in [1.165, 1.54) is 6.07 Å². The van der Waals surface area contributed by atoms with Crippen LogP contribution >= 0.6 is 22.6 Å². The summed E-state index contributed by atoms with van der Waals surface area (Å²) in [4.78, 5) is 10.2. The summed E-state index contributed by atoms with van der Waals surface area (Å²) in [6.07, 6.45) is 1.55. The van der Waals surface area contributed by atoms with Crippen LogP contribution in [-0.2, 0) is 0 Å². The van der Waals surface area contributed by atoms with Crippen LogP contribution in [-0.4, -0.2) is 4.92 Å². The van der Waals surface area contributed by atoms with Crippen molar-refractivity contribution >= 4 is 28.3 Å². The highest BCUT2D eigenvalue weighted by atomic mass is 127. The predicted molar refractivity (Wildman–Crippen MR) is 62.9 cm³/mol. The van der Waals surface area contributed by atoms with Gasteiger partial charge in [-0.15, -0.1) is 6.58 Å². The zero-order valence-corrected chi connectivity index (χ0v) is 9.47. The van der Waals surface area contributed by atoms with E-state index in [2.05, 4.69) is 6.58 Å². The maximum absolute atomic E-state index is 10.6. The number of rotatable bonds is 3. The highest BCUT2D eigenvalue weighted by Gasteiger charge is 2.13. The molecule has 0 fully saturated rings. The molecule has 0 aliphatic heterocycles. The normalized spacial score (nSPS) is 12.1. The van der Waals surface area contributed by atoms with Gasteiger partial charge in [-0.1, -0.05) is 12.1 Å². The Hall–Kier alpha value is -0.950. The van der Waals surface area contributed by atoms with Crippen molar-refractivity contribution in [1.82, 2.24) is 0 Å². The molecule has 0 saturated heterocycles. The Balaban J connectivity index is 3.19. The van der Waals surface area contributed by atoms with Crippen LogP contribution in [0.4, 0.5) is 5.69 Å². The van der Waals surface area contributed by atoms with Crippen molar-refractivity contribution in [2.45, 2.75) is 6.04 Å². The molecule has 0 radical (unpaired) electrons. The van der Waals surface area contributed by atoms with Gasteiger partial charge < -0.3 is 5.73 Å². The van der Waals surface area contributed by atoms with E-state index < -0.39 is 4.92 Å². The first-order valence-electron chi connectivity index (χ1n) is 3.88. The lowest BCUT2D eigenvalue weighted by Crippen LogP contribution is -2.07. The van der Waals surface area contributed by atoms with E-state index in [0.717, 1.165) is 0 Å². The number of benzene rings is 1. The van der Waals surface area contributed by atoms with Crippen molar-refractivity contribution in [3.8, 4) is 0 Å². The molecule has 4 nitrogen and oxygen atoms in total. The fourth-order valence-corrected chi connectivity index (χ4v) is 1.55. The van der Waals surface area contributed by atoms with Gasteiger partial charge >= 0.3 is 0 Å². The molecule has 0 bridgehead atoms. The molecule has 1 rings (SSSR count). The Morgan fingerprint density at radius 3 is 2.79 bits per heavy atom. The minimum absolute atomic E-state index is 0.0837. The quantitative estimate of drug-likeness (QED) is 0.403. The molecule has 0 aromatic heterocycles. The predicted octanol–water partition coefficient (Wildman–Crippen LogP) is 2.39. The molecule has 0 heterocycles. The summed E-state index contributed by atoms with van der Waals surface area (Å²) in [5, 5.41) is 10.6. The minimum atomic E-state index is -0.416. The number of nitrogens with two attached hydrogens (primary N) is 1. The summed E-state index contributed by atoms with van der Waals surface area (Å²) in [5.74, 6) is 0. The first-order chi connectivity index (χ1) is 6.56. The van der Waals surface area contributed by atoms with Crippen LogP contribution in [0.15, 0.2) is 30.9 Å². The van der Waals surface area contributed by atoms with Crippen molar-refractivity contribution in [2.24, 2.45) is 5.73 Å². The molecule has 0 unspecified atom stereocenters. The van der Waals surface area contributed by atoms with Gasteiger partial charge in [-0.25, -0.2) is 0 Å². The molecule has 74 valence electrons. The number of nitro groups is 1. The Morgan fingerprint density at radius 1 is 1.64 bits per heavy atom. The average molecular weight is 304 g/mol. The molecule has 0 spiro atoms. The van der Waals surface area contributed by atoms with Crippen LogP contribution < -0.4 is 5.73 Å². The third-order valence-electron chi connectivity index (χ3n) is 1.81. The highest BCUT2D eigenvalue weighted by Crippen LogP contribution is 2.24. The Labute approximate surface area is 95.1 Å². The number of hydrogen-bond donors (Lipinski definition) is 1. The fraction of sp³-hybridized carbons (Fsp3) is 0.111. The van der Waals surface area contributed by atoms with Crippen LogP contribution in [0.25, 0.3) is 0 Å². The molecule has 1 aromatic carbocycles. The Bertz CT molecular complexity index is 379. The second-order valence-electron chi connectivity index (χ2n) is 2.73. The van der Waals surface area contributed by atoms with E-state index in [4.69, 9.17) is 5.73 Å². The van der Waals surface area contributed by atoms with Gasteiger partial charge in [0, 0.05) is 12.1 Å². The molecule has 0 amide bonds. The van der Waals surface area contributed by atoms with Crippen molar-refractivity contribution in [3.63, 3.8) is 0 Å². The lowest BCUT2D eigenvalue weighted by Gasteiger charge is -2.06. The summed E-state index contributed by atoms with van der Waals surface area (Å²) >= 11 is 1.92. The second-order valence-corrected chi connectivity index (χ2v) is 3.89. The third kappa shape index (κ3) is 2.30. The van der Waals surface area contributed by atoms with Gasteiger partial charge in [0.15, 0.2) is 0 Å². The van der Waals surface area contributed by atoms with Gasteiger partial charge in [0.05, 0.1) is 8.49 Å². The van der Waals surface area contributed by atoms with Crippen molar-refractivity contribution in [3.05, 3.63) is 50.1 Å². The Kier molecular flexibility index (Phi) is 3.59. The molecule has 0 aliphatic carbocycles. The average Bonchev–Trinajstić information content (AvgIpc) is 2.17. The molecule has 5 heteroatoms. The standard InChI is InChI=1S/C9H9IN2O2/c1-2-8(11)6-3-4-7(10)9(5-6)12(13)14/h2-5,8H,1,11H2/t8-/m0/s1. The lowest BCUT2D eigenvalue weighted by atomic mass is 10.1. The van der Waals surface area contributed by atoms with E-state index in [-0.39, 0.29) is 11.7 Å². The summed E-state index contributed by atoms with van der Waals surface area (Å²) in [5.41, 5.74) is 6.46. The van der Waals surface area contributed by atoms with Crippen LogP contribution in [0, 0.1) is 13.7 Å². The molecule has 14 heavy (non-hydrogen) atoms. The van der Waals surface area contributed by atoms with E-state index in [9.17, 15) is 10.1 Å². The van der Waals surface area contributed by atoms with E-state index in [1.54, 1.807) is 18.2 Å². The summed E-state index contributed by atoms with van der Waals surface area (Å²) in [7, 11) is 0. The zero-order chi connectivity index (χ0) is 10.7. The SMILES string of the molecule is C=C[C@H](N)c1ccc(I)c([N+](=O)[O-])c1. The van der Waals surface area contributed by atoms with Gasteiger partial charge in [-0.3, -0.25) is 10.1 Å². The van der Waals surface area contributed by atoms with Crippen molar-refractivity contribution in [1.29, 1.82) is 0 Å². The van der Waals surface area contributed by atoms with E-state index in [1.807, 2.05) is 22.6 Å². The first-order valence-corrected chi connectivity index (χ1v) is 4.96. The lowest BCUT2D eigenvalue weighted by molar-refractivity contribution is -0.385. The smallest absolute Gasteiger partial charge is 0.282 e. The molecule has 0 aliphatic rings. The largest absolute Gasteiger partial charge is 0.321 e. The molecule has 0 saturated carbocycles. The minimum Gasteiger partial charge on any atom is -0.321 e. The third-order valence-corrected chi connectivity index (χ3v) is 2.72. The number of hydrogen-bond acceptors (Lipinski definition) is 3. The second kappa shape index (κ2) is 4.52. The van der Waals surface area contributed by atoms with Gasteiger partial charge in [0.1, 0.15) is 0 Å². The van der Waals surface area contributed by atoms with Gasteiger partial charge in [0.25, 0.3) is 5.69 Å². The van der Waals surface area contributed by atoms with Crippen molar-refractivity contribution < 1.29 is 4.92 Å². The Morgan fingerprint density at radius 2 is 2.29 bits per heavy atom. The first kappa shape index (κ1) is 11.1. The molecular formula is C9H9IN2O2. The summed E-state index contributed by atoms with van der Waals surface area (Å²) in [6.45, 7) is 3.54. The number of halogens is 1. The van der Waals surface area contributed by atoms with Gasteiger partial charge in [-0.05, 0) is 34.2 Å². The molecule has 1 aromatic rings. The topological polar surface area (TPSA) is 69.2 Å². The van der Waals surface area contributed by atoms with Crippen LogP contribution in [0.5, 0.6) is 0 Å². The van der Waals surface area contributed by atoms with E-state index in [0.29, 0.717) is 9.13 Å². The summed E-state index contributed by atoms with van der Waals surface area (Å²) in [6, 6.07) is 4.57. The molecule has 1 atom stereocenters. The van der Waals surface area contributed by atoms with Crippen LogP contribution in [0.1, 0.15) is 11.6 Å². The van der Waals surface area contributed by atoms with Gasteiger partial charge in [-0.2, -0.15) is 0 Å². The van der Waals surface area contributed by atoms with Crippen LogP contribution in [0.2, 0.25) is 0 Å². The maximum Gasteiger partial charge on any atom is 0.282 e. The monoisotopic (exact) mass is 304 g/mol. The molecule has 2 N–H and O–H groups in total.